The Balaban J connectivity index is 5.68. The number of carboxylic acid groups (broad SMARTS) is 1. The van der Waals surface area contributed by atoms with Crippen LogP contribution in [0.5, 0.6) is 0 Å². The van der Waals surface area contributed by atoms with Gasteiger partial charge in [0.25, 0.3) is 0 Å². The van der Waals surface area contributed by atoms with E-state index in [4.69, 9.17) is 5.11 Å². The topological polar surface area (TPSA) is 63.6 Å². The van der Waals surface area contributed by atoms with E-state index < -0.39 is 35.8 Å². The molecule has 0 rings (SSSR count). The lowest BCUT2D eigenvalue weighted by atomic mass is 9.88. The highest BCUT2D eigenvalue weighted by Gasteiger charge is 2.75. The lowest BCUT2D eigenvalue weighted by Gasteiger charge is -2.39. The second kappa shape index (κ2) is 5.71. The average Bonchev–Trinajstić information content (AvgIpc) is 2.18. The monoisotopic (exact) mass is 308 g/mol. The molecule has 0 radical (unpaired) electrons. The van der Waals surface area contributed by atoms with E-state index in [9.17, 15) is 35.9 Å². The van der Waals surface area contributed by atoms with Crippen molar-refractivity contribution in [2.75, 3.05) is 0 Å². The van der Waals surface area contributed by atoms with Gasteiger partial charge in [-0.1, -0.05) is 13.8 Å². The molecule has 0 aliphatic heterocycles. The Bertz CT molecular complexity index is 393. The molecule has 0 unspecified atom stereocenters. The number of alkyl halides is 6. The molecule has 0 aromatic carbocycles. The second-order valence-corrected chi connectivity index (χ2v) is 3.98. The van der Waals surface area contributed by atoms with Crippen LogP contribution >= 0.6 is 0 Å². The molecule has 0 amide bonds. The zero-order valence-electron chi connectivity index (χ0n) is 10.2. The number of halogens is 6. The third-order valence-electron chi connectivity index (χ3n) is 2.28. The number of carbonyl (C=O) groups excluding carboxylic acids is 1. The van der Waals surface area contributed by atoms with E-state index in [0.717, 1.165) is 0 Å². The maximum atomic E-state index is 12.7. The van der Waals surface area contributed by atoms with Gasteiger partial charge in [0.1, 0.15) is 0 Å². The van der Waals surface area contributed by atoms with Crippen molar-refractivity contribution >= 4 is 11.9 Å². The first-order valence-electron chi connectivity index (χ1n) is 5.03. The summed E-state index contributed by atoms with van der Waals surface area (Å²) < 4.78 is 80.0. The quantitative estimate of drug-likeness (QED) is 0.493. The highest BCUT2D eigenvalue weighted by atomic mass is 19.4. The number of ether oxygens (including phenoxy) is 1. The van der Waals surface area contributed by atoms with E-state index in [2.05, 4.69) is 4.74 Å². The number of esters is 1. The molecule has 0 aromatic heterocycles. The summed E-state index contributed by atoms with van der Waals surface area (Å²) in [6.45, 7) is 1.16. The number of carboxylic acids is 1. The minimum Gasteiger partial charge on any atom is -0.478 e. The normalized spacial score (nSPS) is 13.8. The molecule has 0 aromatic rings. The van der Waals surface area contributed by atoms with E-state index in [-0.39, 0.29) is 12.2 Å². The average molecular weight is 308 g/mol. The van der Waals surface area contributed by atoms with Crippen LogP contribution in [0.2, 0.25) is 0 Å². The maximum absolute atomic E-state index is 12.7. The molecule has 1 N–H and O–H groups in total. The van der Waals surface area contributed by atoms with Crippen molar-refractivity contribution in [3.63, 3.8) is 0 Å². The second-order valence-electron chi connectivity index (χ2n) is 3.98. The van der Waals surface area contributed by atoms with E-state index in [0.29, 0.717) is 13.8 Å². The van der Waals surface area contributed by atoms with Gasteiger partial charge in [-0.15, -0.1) is 0 Å². The van der Waals surface area contributed by atoms with Gasteiger partial charge in [0.2, 0.25) is 0 Å². The van der Waals surface area contributed by atoms with Crippen LogP contribution in [0.3, 0.4) is 0 Å². The van der Waals surface area contributed by atoms with Gasteiger partial charge in [0.15, 0.2) is 0 Å². The van der Waals surface area contributed by atoms with Gasteiger partial charge < -0.3 is 9.84 Å². The molecule has 0 spiro atoms. The maximum Gasteiger partial charge on any atom is 0.437 e. The summed E-state index contributed by atoms with van der Waals surface area (Å²) in [5.74, 6) is -5.95. The van der Waals surface area contributed by atoms with Gasteiger partial charge in [-0.3, -0.25) is 0 Å². The Morgan fingerprint density at radius 3 is 1.65 bits per heavy atom. The summed E-state index contributed by atoms with van der Waals surface area (Å²) in [5.41, 5.74) is -4.71. The van der Waals surface area contributed by atoms with E-state index in [1.165, 1.54) is 0 Å². The predicted molar refractivity (Wildman–Crippen MR) is 52.5 cm³/mol. The zero-order chi connectivity index (χ0) is 16.4. The smallest absolute Gasteiger partial charge is 0.437 e. The van der Waals surface area contributed by atoms with Crippen LogP contribution in [0.4, 0.5) is 26.3 Å². The molecule has 0 atom stereocenters. The minimum absolute atomic E-state index is 0.0308. The van der Waals surface area contributed by atoms with Crippen molar-refractivity contribution in [2.45, 2.75) is 31.8 Å². The minimum atomic E-state index is -5.91. The van der Waals surface area contributed by atoms with Gasteiger partial charge >= 0.3 is 29.9 Å². The van der Waals surface area contributed by atoms with Gasteiger partial charge in [-0.2, -0.15) is 26.3 Å². The van der Waals surface area contributed by atoms with Crippen molar-refractivity contribution < 1.29 is 45.8 Å². The molecule has 0 aliphatic rings. The van der Waals surface area contributed by atoms with Gasteiger partial charge in [0, 0.05) is 18.1 Å². The van der Waals surface area contributed by atoms with Crippen LogP contribution in [-0.4, -0.2) is 35.0 Å². The van der Waals surface area contributed by atoms with Gasteiger partial charge in [0.05, 0.1) is 0 Å². The Labute approximate surface area is 109 Å². The van der Waals surface area contributed by atoms with E-state index in [1.807, 2.05) is 0 Å². The lowest BCUT2D eigenvalue weighted by Crippen LogP contribution is -2.62. The Morgan fingerprint density at radius 2 is 1.40 bits per heavy atom. The third-order valence-corrected chi connectivity index (χ3v) is 2.28. The third kappa shape index (κ3) is 3.64. The lowest BCUT2D eigenvalue weighted by molar-refractivity contribution is -0.381. The largest absolute Gasteiger partial charge is 0.478 e. The summed E-state index contributed by atoms with van der Waals surface area (Å²) in [6.07, 6.45) is -11.8. The first kappa shape index (κ1) is 18.3. The number of carbonyl (C=O) groups is 2. The first-order valence-corrected chi connectivity index (χ1v) is 5.03. The summed E-state index contributed by atoms with van der Waals surface area (Å²) in [6, 6.07) is 0. The van der Waals surface area contributed by atoms with Crippen LogP contribution in [-0.2, 0) is 14.3 Å². The molecule has 0 bridgehead atoms. The zero-order valence-corrected chi connectivity index (χ0v) is 10.2. The van der Waals surface area contributed by atoms with Crippen molar-refractivity contribution in [3.8, 4) is 0 Å². The number of hydrogen-bond acceptors (Lipinski definition) is 3. The molecule has 10 heteroatoms. The number of rotatable bonds is 4. The van der Waals surface area contributed by atoms with Crippen LogP contribution in [0.15, 0.2) is 12.2 Å². The van der Waals surface area contributed by atoms with Crippen molar-refractivity contribution in [1.29, 1.82) is 0 Å². The standard InChI is InChI=1S/C10H10F6O4/c1-5(2)8(9(11,12)13,10(14,15)16)20-7(19)4-3-6(17)18/h3-5H,1-2H3,(H,17,18)/b4-3+. The molecular weight excluding hydrogens is 298 g/mol. The molecule has 0 fully saturated rings. The predicted octanol–water partition coefficient (Wildman–Crippen LogP) is 2.69. The highest BCUT2D eigenvalue weighted by Crippen LogP contribution is 2.50. The van der Waals surface area contributed by atoms with Crippen LogP contribution in [0.25, 0.3) is 0 Å². The Kier molecular flexibility index (Phi) is 5.22. The number of hydrogen-bond donors (Lipinski definition) is 1. The molecule has 0 aliphatic carbocycles. The molecule has 0 saturated heterocycles. The van der Waals surface area contributed by atoms with Gasteiger partial charge in [-0.25, -0.2) is 9.59 Å². The van der Waals surface area contributed by atoms with E-state index >= 15 is 0 Å². The van der Waals surface area contributed by atoms with Crippen molar-refractivity contribution in [3.05, 3.63) is 12.2 Å². The molecule has 4 nitrogen and oxygen atoms in total. The van der Waals surface area contributed by atoms with E-state index in [1.54, 1.807) is 0 Å². The number of aliphatic carboxylic acids is 1. The molecule has 0 saturated carbocycles. The highest BCUT2D eigenvalue weighted by molar-refractivity contribution is 5.91. The molecule has 116 valence electrons. The SMILES string of the molecule is CC(C)C(OC(=O)/C=C/C(=O)O)(C(F)(F)F)C(F)(F)F. The molecular formula is C10H10F6O4. The summed E-state index contributed by atoms with van der Waals surface area (Å²) in [4.78, 5) is 21.0. The summed E-state index contributed by atoms with van der Waals surface area (Å²) >= 11 is 0. The van der Waals surface area contributed by atoms with Gasteiger partial charge in [-0.05, 0) is 0 Å². The Hall–Kier alpha value is -1.74. The first-order chi connectivity index (χ1) is 8.75. The fourth-order valence-corrected chi connectivity index (χ4v) is 1.38. The van der Waals surface area contributed by atoms with Crippen molar-refractivity contribution in [1.82, 2.24) is 0 Å². The molecule has 20 heavy (non-hydrogen) atoms. The van der Waals surface area contributed by atoms with Crippen molar-refractivity contribution in [2.24, 2.45) is 5.92 Å². The fraction of sp³-hybridized carbons (Fsp3) is 0.600. The summed E-state index contributed by atoms with van der Waals surface area (Å²) in [5, 5.41) is 8.15. The van der Waals surface area contributed by atoms with Crippen LogP contribution in [0, 0.1) is 5.92 Å². The van der Waals surface area contributed by atoms with Crippen LogP contribution in [0.1, 0.15) is 13.8 Å². The Morgan fingerprint density at radius 1 is 1.00 bits per heavy atom. The van der Waals surface area contributed by atoms with Crippen LogP contribution < -0.4 is 0 Å². The molecule has 0 heterocycles. The fourth-order valence-electron chi connectivity index (χ4n) is 1.38. The summed E-state index contributed by atoms with van der Waals surface area (Å²) in [7, 11) is 0.